The van der Waals surface area contributed by atoms with Gasteiger partial charge in [0.15, 0.2) is 0 Å². The molecule has 0 aliphatic rings. The first kappa shape index (κ1) is 17.0. The normalized spacial score (nSPS) is 11.2. The summed E-state index contributed by atoms with van der Waals surface area (Å²) in [6, 6.07) is 11.1. The highest BCUT2D eigenvalue weighted by atomic mass is 16.1. The average Bonchev–Trinajstić information content (AvgIpc) is 3.02. The summed E-state index contributed by atoms with van der Waals surface area (Å²) in [6.07, 6.45) is 2.98. The number of hydrogen-bond acceptors (Lipinski definition) is 4. The number of aromatic amines is 1. The molecule has 2 N–H and O–H groups in total. The maximum Gasteiger partial charge on any atom is 0.258 e. The smallest absolute Gasteiger partial charge is 0.258 e. The molecule has 4 rings (SSSR count). The van der Waals surface area contributed by atoms with Crippen LogP contribution in [0.1, 0.15) is 25.5 Å². The molecule has 0 aliphatic heterocycles. The van der Waals surface area contributed by atoms with Gasteiger partial charge in [-0.2, -0.15) is 0 Å². The Hall–Kier alpha value is -3.48. The molecule has 0 saturated carbocycles. The summed E-state index contributed by atoms with van der Waals surface area (Å²) in [4.78, 5) is 35.8. The number of hydrogen-bond donors (Lipinski definition) is 2. The molecule has 0 unspecified atom stereocenters. The molecule has 3 aromatic heterocycles. The van der Waals surface area contributed by atoms with Gasteiger partial charge in [0, 0.05) is 24.4 Å². The van der Waals surface area contributed by atoms with E-state index in [0.29, 0.717) is 23.7 Å². The van der Waals surface area contributed by atoms with Crippen molar-refractivity contribution in [1.29, 1.82) is 0 Å². The number of nitrogens with zero attached hydrogens (tertiary/aromatic N) is 3. The second-order valence-corrected chi connectivity index (χ2v) is 6.49. The molecule has 4 aromatic rings. The summed E-state index contributed by atoms with van der Waals surface area (Å²) < 4.78 is 1.52. The lowest BCUT2D eigenvalue weighted by Gasteiger charge is -2.05. The number of aromatic nitrogens is 4. The lowest BCUT2D eigenvalue weighted by molar-refractivity contribution is -0.116. The molecule has 7 heteroatoms. The van der Waals surface area contributed by atoms with Gasteiger partial charge in [0.2, 0.25) is 11.9 Å². The first-order valence-electron chi connectivity index (χ1n) is 8.83. The lowest BCUT2D eigenvalue weighted by atomic mass is 10.1. The second kappa shape index (κ2) is 6.68. The third kappa shape index (κ3) is 3.31. The highest BCUT2D eigenvalue weighted by Gasteiger charge is 2.09. The summed E-state index contributed by atoms with van der Waals surface area (Å²) in [5.74, 6) is 0.390. The fourth-order valence-electron chi connectivity index (χ4n) is 3.07. The number of H-pyrrole nitrogens is 1. The van der Waals surface area contributed by atoms with Gasteiger partial charge in [0.1, 0.15) is 5.65 Å². The minimum atomic E-state index is -0.0967. The van der Waals surface area contributed by atoms with Crippen LogP contribution in [0.3, 0.4) is 0 Å². The summed E-state index contributed by atoms with van der Waals surface area (Å²) in [6.45, 7) is 3.76. The maximum absolute atomic E-state index is 12.0. The zero-order valence-corrected chi connectivity index (χ0v) is 15.1. The fourth-order valence-corrected chi connectivity index (χ4v) is 3.07. The molecule has 136 valence electrons. The highest BCUT2D eigenvalue weighted by Crippen LogP contribution is 2.25. The van der Waals surface area contributed by atoms with Crippen LogP contribution in [0.5, 0.6) is 0 Å². The van der Waals surface area contributed by atoms with E-state index >= 15 is 0 Å². The molecule has 0 fully saturated rings. The number of imidazole rings is 1. The van der Waals surface area contributed by atoms with Gasteiger partial charge < -0.3 is 4.98 Å². The highest BCUT2D eigenvalue weighted by molar-refractivity contribution is 5.91. The number of benzene rings is 1. The summed E-state index contributed by atoms with van der Waals surface area (Å²) in [7, 11) is 0. The first-order valence-corrected chi connectivity index (χ1v) is 8.83. The molecular weight excluding hydrogens is 342 g/mol. The monoisotopic (exact) mass is 361 g/mol. The largest absolute Gasteiger partial charge is 0.324 e. The van der Waals surface area contributed by atoms with Crippen LogP contribution in [0.15, 0.2) is 47.4 Å². The van der Waals surface area contributed by atoms with E-state index in [1.165, 1.54) is 10.5 Å². The van der Waals surface area contributed by atoms with Crippen molar-refractivity contribution in [2.75, 3.05) is 5.32 Å². The number of rotatable bonds is 4. The van der Waals surface area contributed by atoms with Crippen LogP contribution in [-0.2, 0) is 4.79 Å². The Morgan fingerprint density at radius 3 is 2.78 bits per heavy atom. The number of carbonyl (C=O) groups excluding carboxylic acids is 1. The topological polar surface area (TPSA) is 92.2 Å². The number of anilines is 1. The summed E-state index contributed by atoms with van der Waals surface area (Å²) in [5, 5.41) is 2.77. The van der Waals surface area contributed by atoms with E-state index in [1.54, 1.807) is 13.1 Å². The van der Waals surface area contributed by atoms with E-state index in [9.17, 15) is 9.59 Å². The minimum absolute atomic E-state index is 0.0572. The standard InChI is InChI=1S/C20H19N5O2/c1-3-4-18(26)24-20-22-15-6-5-13(10-16(15)23-20)14-7-8-25-17(11-14)21-12(2)9-19(25)27/h5-11H,3-4H2,1-2H3,(H2,22,23,24,26). The van der Waals surface area contributed by atoms with Crippen molar-refractivity contribution in [2.24, 2.45) is 0 Å². The Balaban J connectivity index is 1.72. The van der Waals surface area contributed by atoms with Crippen LogP contribution in [0.4, 0.5) is 5.95 Å². The van der Waals surface area contributed by atoms with E-state index in [-0.39, 0.29) is 11.5 Å². The third-order valence-electron chi connectivity index (χ3n) is 4.35. The van der Waals surface area contributed by atoms with Crippen molar-refractivity contribution >= 4 is 28.5 Å². The SMILES string of the molecule is CCCC(=O)Nc1nc2ccc(-c3ccn4c(=O)cc(C)nc4c3)cc2[nH]1. The van der Waals surface area contributed by atoms with Crippen LogP contribution in [0.2, 0.25) is 0 Å². The summed E-state index contributed by atoms with van der Waals surface area (Å²) >= 11 is 0. The van der Waals surface area contributed by atoms with Crippen LogP contribution >= 0.6 is 0 Å². The van der Waals surface area contributed by atoms with Gasteiger partial charge in [-0.25, -0.2) is 9.97 Å². The summed E-state index contributed by atoms with van der Waals surface area (Å²) in [5.41, 5.74) is 4.71. The molecule has 0 radical (unpaired) electrons. The maximum atomic E-state index is 12.0. The van der Waals surface area contributed by atoms with Gasteiger partial charge in [0.05, 0.1) is 11.0 Å². The number of amides is 1. The molecular formula is C20H19N5O2. The Morgan fingerprint density at radius 1 is 1.15 bits per heavy atom. The number of fused-ring (bicyclic) bond motifs is 2. The molecule has 0 spiro atoms. The first-order chi connectivity index (χ1) is 13.0. The Kier molecular flexibility index (Phi) is 4.19. The third-order valence-corrected chi connectivity index (χ3v) is 4.35. The van der Waals surface area contributed by atoms with Crippen LogP contribution in [-0.4, -0.2) is 25.3 Å². The van der Waals surface area contributed by atoms with Gasteiger partial charge in [-0.05, 0) is 48.7 Å². The van der Waals surface area contributed by atoms with Crippen molar-refractivity contribution in [1.82, 2.24) is 19.4 Å². The zero-order chi connectivity index (χ0) is 19.0. The quantitative estimate of drug-likeness (QED) is 0.583. The molecule has 7 nitrogen and oxygen atoms in total. The predicted molar refractivity (Wildman–Crippen MR) is 105 cm³/mol. The van der Waals surface area contributed by atoms with Crippen LogP contribution in [0, 0.1) is 6.92 Å². The number of carbonyl (C=O) groups is 1. The lowest BCUT2D eigenvalue weighted by Crippen LogP contribution is -2.14. The molecule has 27 heavy (non-hydrogen) atoms. The Morgan fingerprint density at radius 2 is 1.96 bits per heavy atom. The zero-order valence-electron chi connectivity index (χ0n) is 15.1. The molecule has 0 saturated heterocycles. The number of aryl methyl sites for hydroxylation is 1. The predicted octanol–water partition coefficient (Wildman–Crippen LogP) is 3.28. The van der Waals surface area contributed by atoms with Gasteiger partial charge in [-0.15, -0.1) is 0 Å². The minimum Gasteiger partial charge on any atom is -0.324 e. The van der Waals surface area contributed by atoms with Gasteiger partial charge in [0.25, 0.3) is 5.56 Å². The van der Waals surface area contributed by atoms with E-state index < -0.39 is 0 Å². The van der Waals surface area contributed by atoms with E-state index in [0.717, 1.165) is 28.6 Å². The average molecular weight is 361 g/mol. The van der Waals surface area contributed by atoms with Crippen molar-refractivity contribution < 1.29 is 4.79 Å². The van der Waals surface area contributed by atoms with Gasteiger partial charge in [-0.3, -0.25) is 19.3 Å². The number of nitrogens with one attached hydrogen (secondary N) is 2. The molecule has 0 aliphatic carbocycles. The molecule has 0 bridgehead atoms. The van der Waals surface area contributed by atoms with Crippen LogP contribution in [0.25, 0.3) is 27.8 Å². The van der Waals surface area contributed by atoms with Crippen molar-refractivity contribution in [3.8, 4) is 11.1 Å². The van der Waals surface area contributed by atoms with E-state index in [1.807, 2.05) is 37.3 Å². The van der Waals surface area contributed by atoms with Crippen LogP contribution < -0.4 is 10.9 Å². The molecule has 1 amide bonds. The molecule has 0 atom stereocenters. The van der Waals surface area contributed by atoms with E-state index in [4.69, 9.17) is 0 Å². The molecule has 3 heterocycles. The number of pyridine rings is 1. The fraction of sp³-hybridized carbons (Fsp3) is 0.200. The van der Waals surface area contributed by atoms with Gasteiger partial charge in [-0.1, -0.05) is 13.0 Å². The molecule has 1 aromatic carbocycles. The Labute approximate surface area is 155 Å². The van der Waals surface area contributed by atoms with Crippen molar-refractivity contribution in [3.63, 3.8) is 0 Å². The second-order valence-electron chi connectivity index (χ2n) is 6.49. The van der Waals surface area contributed by atoms with Crippen molar-refractivity contribution in [3.05, 3.63) is 58.6 Å². The van der Waals surface area contributed by atoms with Crippen molar-refractivity contribution in [2.45, 2.75) is 26.7 Å². The Bertz CT molecular complexity index is 1220. The van der Waals surface area contributed by atoms with E-state index in [2.05, 4.69) is 20.3 Å². The van der Waals surface area contributed by atoms with Gasteiger partial charge >= 0.3 is 0 Å².